The van der Waals surface area contributed by atoms with Crippen molar-refractivity contribution in [3.8, 4) is 5.75 Å². The Kier molecular flexibility index (Phi) is 5.58. The molecular weight excluding hydrogens is 334 g/mol. The summed E-state index contributed by atoms with van der Waals surface area (Å²) in [6.07, 6.45) is 0.769. The lowest BCUT2D eigenvalue weighted by molar-refractivity contribution is 0.0911. The van der Waals surface area contributed by atoms with Crippen LogP contribution in [-0.2, 0) is 0 Å². The Hall–Kier alpha value is -2.38. The summed E-state index contributed by atoms with van der Waals surface area (Å²) in [5, 5.41) is 13.6. The van der Waals surface area contributed by atoms with Crippen LogP contribution in [0.25, 0.3) is 0 Å². The quantitative estimate of drug-likeness (QED) is 0.848. The van der Waals surface area contributed by atoms with E-state index in [1.165, 1.54) is 0 Å². The number of hydrogen-bond acceptors (Lipinski definition) is 6. The van der Waals surface area contributed by atoms with Gasteiger partial charge in [-0.2, -0.15) is 0 Å². The summed E-state index contributed by atoms with van der Waals surface area (Å²) in [4.78, 5) is 19.0. The number of carbonyl (C=O) groups is 1. The van der Waals surface area contributed by atoms with E-state index < -0.39 is 6.10 Å². The fraction of sp³-hybridized carbons (Fsp3) is 0.474. The summed E-state index contributed by atoms with van der Waals surface area (Å²) >= 11 is 0. The predicted octanol–water partition coefficient (Wildman–Crippen LogP) is 1.90. The van der Waals surface area contributed by atoms with Gasteiger partial charge < -0.3 is 24.5 Å². The third-order valence-corrected chi connectivity index (χ3v) is 4.73. The number of hydrogen-bond donors (Lipinski definition) is 2. The monoisotopic (exact) mass is 359 g/mol. The number of aliphatic hydroxyl groups excluding tert-OH is 1. The molecule has 7 heteroatoms. The molecule has 2 heterocycles. The van der Waals surface area contributed by atoms with Crippen LogP contribution in [0.15, 0.2) is 28.7 Å². The molecule has 1 atom stereocenters. The predicted molar refractivity (Wildman–Crippen MR) is 96.3 cm³/mol. The van der Waals surface area contributed by atoms with Crippen LogP contribution in [-0.4, -0.2) is 54.2 Å². The Morgan fingerprint density at radius 3 is 2.85 bits per heavy atom. The summed E-state index contributed by atoms with van der Waals surface area (Å²) in [5.74, 6) is 0.867. The summed E-state index contributed by atoms with van der Waals surface area (Å²) in [6.45, 7) is 3.60. The maximum Gasteiger partial charge on any atom is 0.273 e. The summed E-state index contributed by atoms with van der Waals surface area (Å²) in [5.41, 5.74) is 0.814. The minimum absolute atomic E-state index is 0.101. The second kappa shape index (κ2) is 7.88. The molecule has 1 aromatic carbocycles. The Bertz CT molecular complexity index is 766. The molecule has 7 nitrogen and oxygen atoms in total. The number of benzene rings is 1. The van der Waals surface area contributed by atoms with Gasteiger partial charge in [0.25, 0.3) is 5.91 Å². The number of oxazole rings is 1. The molecule has 1 aliphatic heterocycles. The van der Waals surface area contributed by atoms with Gasteiger partial charge in [0, 0.05) is 6.04 Å². The van der Waals surface area contributed by atoms with Crippen molar-refractivity contribution in [1.29, 1.82) is 0 Å². The summed E-state index contributed by atoms with van der Waals surface area (Å²) < 4.78 is 10.7. The van der Waals surface area contributed by atoms with Gasteiger partial charge in [0.05, 0.1) is 7.11 Å². The first kappa shape index (κ1) is 18.4. The molecule has 2 N–H and O–H groups in total. The first-order valence-electron chi connectivity index (χ1n) is 8.76. The zero-order valence-corrected chi connectivity index (χ0v) is 15.4. The molecule has 1 aromatic heterocycles. The lowest BCUT2D eigenvalue weighted by Gasteiger charge is -2.29. The molecule has 0 saturated carbocycles. The fourth-order valence-corrected chi connectivity index (χ4v) is 3.11. The van der Waals surface area contributed by atoms with Gasteiger partial charge in [-0.3, -0.25) is 4.79 Å². The molecule has 140 valence electrons. The van der Waals surface area contributed by atoms with Crippen molar-refractivity contribution in [3.05, 3.63) is 47.2 Å². The minimum atomic E-state index is -1.06. The summed E-state index contributed by atoms with van der Waals surface area (Å²) in [7, 11) is 3.64. The largest absolute Gasteiger partial charge is 0.497 e. The Morgan fingerprint density at radius 1 is 1.42 bits per heavy atom. The van der Waals surface area contributed by atoms with E-state index in [9.17, 15) is 9.90 Å². The van der Waals surface area contributed by atoms with Gasteiger partial charge in [-0.1, -0.05) is 12.1 Å². The van der Waals surface area contributed by atoms with Crippen LogP contribution in [0.4, 0.5) is 0 Å². The molecule has 1 saturated heterocycles. The number of carbonyl (C=O) groups excluding carboxylic acids is 1. The number of ether oxygens (including phenoxy) is 1. The molecule has 1 aliphatic rings. The number of likely N-dealkylation sites (tertiary alicyclic amines) is 1. The zero-order chi connectivity index (χ0) is 18.7. The van der Waals surface area contributed by atoms with Crippen LogP contribution in [0.3, 0.4) is 0 Å². The van der Waals surface area contributed by atoms with Crippen molar-refractivity contribution >= 4 is 5.91 Å². The van der Waals surface area contributed by atoms with Crippen molar-refractivity contribution in [2.45, 2.75) is 31.9 Å². The van der Waals surface area contributed by atoms with Gasteiger partial charge in [0.15, 0.2) is 11.8 Å². The van der Waals surface area contributed by atoms with Crippen LogP contribution in [0.2, 0.25) is 0 Å². The Balaban J connectivity index is 1.72. The molecule has 26 heavy (non-hydrogen) atoms. The zero-order valence-electron chi connectivity index (χ0n) is 15.4. The smallest absolute Gasteiger partial charge is 0.273 e. The molecule has 0 spiro atoms. The SMILES string of the molecule is COc1cccc(C(O)c2nc(C(=O)NC3CCN(C)CC3)c(C)o2)c1. The van der Waals surface area contributed by atoms with Crippen LogP contribution >= 0.6 is 0 Å². The number of rotatable bonds is 5. The van der Waals surface area contributed by atoms with Crippen molar-refractivity contribution in [2.24, 2.45) is 0 Å². The molecule has 1 fully saturated rings. The fourth-order valence-electron chi connectivity index (χ4n) is 3.11. The number of methoxy groups -OCH3 is 1. The van der Waals surface area contributed by atoms with Gasteiger partial charge >= 0.3 is 0 Å². The lowest BCUT2D eigenvalue weighted by atomic mass is 10.1. The van der Waals surface area contributed by atoms with Crippen LogP contribution in [0.5, 0.6) is 5.75 Å². The molecule has 1 unspecified atom stereocenters. The number of aryl methyl sites for hydroxylation is 1. The van der Waals surface area contributed by atoms with Crippen molar-refractivity contribution < 1.29 is 19.1 Å². The van der Waals surface area contributed by atoms with Gasteiger partial charge in [-0.15, -0.1) is 0 Å². The van der Waals surface area contributed by atoms with Gasteiger partial charge in [-0.05, 0) is 57.6 Å². The average molecular weight is 359 g/mol. The standard InChI is InChI=1S/C19H25N3O4/c1-12-16(18(24)20-14-7-9-22(2)10-8-14)21-19(26-12)17(23)13-5-4-6-15(11-13)25-3/h4-6,11,14,17,23H,7-10H2,1-3H3,(H,20,24). The van der Waals surface area contributed by atoms with E-state index >= 15 is 0 Å². The van der Waals surface area contributed by atoms with E-state index in [4.69, 9.17) is 9.15 Å². The number of amides is 1. The van der Waals surface area contributed by atoms with E-state index in [0.29, 0.717) is 17.1 Å². The van der Waals surface area contributed by atoms with E-state index in [-0.39, 0.29) is 23.5 Å². The number of nitrogens with zero attached hydrogens (tertiary/aromatic N) is 2. The van der Waals surface area contributed by atoms with Gasteiger partial charge in [-0.25, -0.2) is 4.98 Å². The molecule has 0 bridgehead atoms. The maximum atomic E-state index is 12.5. The van der Waals surface area contributed by atoms with Crippen LogP contribution < -0.4 is 10.1 Å². The normalized spacial score (nSPS) is 17.1. The lowest BCUT2D eigenvalue weighted by Crippen LogP contribution is -2.43. The average Bonchev–Trinajstić information content (AvgIpc) is 3.05. The van der Waals surface area contributed by atoms with E-state index in [1.54, 1.807) is 38.3 Å². The van der Waals surface area contributed by atoms with Crippen LogP contribution in [0.1, 0.15) is 46.6 Å². The third kappa shape index (κ3) is 4.05. The molecule has 3 rings (SSSR count). The third-order valence-electron chi connectivity index (χ3n) is 4.73. The Morgan fingerprint density at radius 2 is 2.15 bits per heavy atom. The number of nitrogens with one attached hydrogen (secondary N) is 1. The highest BCUT2D eigenvalue weighted by Gasteiger charge is 2.25. The molecule has 0 radical (unpaired) electrons. The van der Waals surface area contributed by atoms with Crippen molar-refractivity contribution in [3.63, 3.8) is 0 Å². The number of piperidine rings is 1. The second-order valence-electron chi connectivity index (χ2n) is 6.69. The van der Waals surface area contributed by atoms with Crippen LogP contribution in [0, 0.1) is 6.92 Å². The van der Waals surface area contributed by atoms with E-state index in [0.717, 1.165) is 25.9 Å². The minimum Gasteiger partial charge on any atom is -0.497 e. The highest BCUT2D eigenvalue weighted by atomic mass is 16.5. The molecule has 2 aromatic rings. The van der Waals surface area contributed by atoms with E-state index in [1.807, 2.05) is 0 Å². The molecular formula is C19H25N3O4. The maximum absolute atomic E-state index is 12.5. The summed E-state index contributed by atoms with van der Waals surface area (Å²) in [6, 6.07) is 7.17. The van der Waals surface area contributed by atoms with Gasteiger partial charge in [0.2, 0.25) is 5.89 Å². The number of aliphatic hydroxyl groups is 1. The molecule has 1 amide bonds. The first-order chi connectivity index (χ1) is 12.5. The Labute approximate surface area is 153 Å². The van der Waals surface area contributed by atoms with Crippen molar-refractivity contribution in [2.75, 3.05) is 27.2 Å². The highest BCUT2D eigenvalue weighted by Crippen LogP contribution is 2.26. The van der Waals surface area contributed by atoms with E-state index in [2.05, 4.69) is 22.2 Å². The first-order valence-corrected chi connectivity index (χ1v) is 8.76. The van der Waals surface area contributed by atoms with Crippen molar-refractivity contribution in [1.82, 2.24) is 15.2 Å². The highest BCUT2D eigenvalue weighted by molar-refractivity contribution is 5.93. The number of aromatic nitrogens is 1. The van der Waals surface area contributed by atoms with Gasteiger partial charge in [0.1, 0.15) is 11.5 Å². The molecule has 0 aliphatic carbocycles. The second-order valence-corrected chi connectivity index (χ2v) is 6.69. The topological polar surface area (TPSA) is 87.8 Å².